The normalized spacial score (nSPS) is 21.0. The Morgan fingerprint density at radius 2 is 2.21 bits per heavy atom. The minimum atomic E-state index is -1.09. The zero-order valence-corrected chi connectivity index (χ0v) is 14.8. The van der Waals surface area contributed by atoms with E-state index in [4.69, 9.17) is 14.2 Å². The number of aliphatic hydroxyl groups excluding tert-OH is 1. The fraction of sp³-hybridized carbons (Fsp3) is 0.526. The minimum Gasteiger partial charge on any atom is -0.497 e. The second kappa shape index (κ2) is 8.20. The molecule has 0 bridgehead atoms. The molecule has 5 nitrogen and oxygen atoms in total. The van der Waals surface area contributed by atoms with Crippen molar-refractivity contribution in [1.82, 2.24) is 0 Å². The van der Waals surface area contributed by atoms with Gasteiger partial charge in [0.05, 0.1) is 31.0 Å². The minimum absolute atomic E-state index is 0.227. The highest BCUT2D eigenvalue weighted by atomic mass is 16.6. The highest BCUT2D eigenvalue weighted by Gasteiger charge is 2.34. The Kier molecular flexibility index (Phi) is 6.26. The monoisotopic (exact) mass is 334 g/mol. The van der Waals surface area contributed by atoms with Crippen LogP contribution in [0.2, 0.25) is 0 Å². The predicted octanol–water partition coefficient (Wildman–Crippen LogP) is 3.38. The summed E-state index contributed by atoms with van der Waals surface area (Å²) in [5.74, 6) is 0.259. The van der Waals surface area contributed by atoms with Gasteiger partial charge in [0.25, 0.3) is 0 Å². The molecular weight excluding hydrogens is 308 g/mol. The average molecular weight is 334 g/mol. The van der Waals surface area contributed by atoms with Crippen molar-refractivity contribution in [2.45, 2.75) is 46.8 Å². The van der Waals surface area contributed by atoms with E-state index in [2.05, 4.69) is 6.08 Å². The van der Waals surface area contributed by atoms with Crippen LogP contribution in [0.15, 0.2) is 46.5 Å². The Morgan fingerprint density at radius 1 is 1.46 bits per heavy atom. The van der Waals surface area contributed by atoms with Gasteiger partial charge in [0.15, 0.2) is 0 Å². The van der Waals surface area contributed by atoms with Crippen molar-refractivity contribution in [3.05, 3.63) is 46.5 Å². The molecule has 2 unspecified atom stereocenters. The zero-order chi connectivity index (χ0) is 17.7. The number of esters is 1. The molecule has 1 aliphatic carbocycles. The lowest BCUT2D eigenvalue weighted by molar-refractivity contribution is -0.139. The number of allylic oxidation sites excluding steroid dienone is 4. The smallest absolute Gasteiger partial charge is 0.337 e. The van der Waals surface area contributed by atoms with Gasteiger partial charge in [0, 0.05) is 12.0 Å². The van der Waals surface area contributed by atoms with Crippen LogP contribution in [0, 0.1) is 5.92 Å². The van der Waals surface area contributed by atoms with E-state index in [1.165, 1.54) is 6.26 Å². The molecule has 1 N–H and O–H groups in total. The number of hydrogen-bond acceptors (Lipinski definition) is 5. The molecule has 0 radical (unpaired) electrons. The summed E-state index contributed by atoms with van der Waals surface area (Å²) in [6.45, 7) is 8.01. The van der Waals surface area contributed by atoms with Crippen LogP contribution in [0.1, 0.15) is 40.5 Å². The van der Waals surface area contributed by atoms with E-state index in [1.807, 2.05) is 19.9 Å². The Bertz CT molecular complexity index is 605. The maximum absolute atomic E-state index is 12.4. The Labute approximate surface area is 143 Å². The van der Waals surface area contributed by atoms with Gasteiger partial charge in [-0.1, -0.05) is 17.7 Å². The first-order valence-corrected chi connectivity index (χ1v) is 8.32. The first-order chi connectivity index (χ1) is 11.5. The SMILES string of the molecule is CCOC(=O)/C(=C/OC(O)C(C)=C(C)C)C1COC2=C1C=CCC2. The predicted molar refractivity (Wildman–Crippen MR) is 90.7 cm³/mol. The average Bonchev–Trinajstić information content (AvgIpc) is 2.98. The summed E-state index contributed by atoms with van der Waals surface area (Å²) in [5.41, 5.74) is 3.05. The molecule has 0 amide bonds. The van der Waals surface area contributed by atoms with Crippen LogP contribution in [-0.4, -0.2) is 30.6 Å². The summed E-state index contributed by atoms with van der Waals surface area (Å²) in [7, 11) is 0. The lowest BCUT2D eigenvalue weighted by Gasteiger charge is -2.17. The largest absolute Gasteiger partial charge is 0.497 e. The molecule has 0 spiro atoms. The van der Waals surface area contributed by atoms with Crippen molar-refractivity contribution in [2.24, 2.45) is 5.92 Å². The van der Waals surface area contributed by atoms with E-state index in [1.54, 1.807) is 13.8 Å². The molecule has 1 heterocycles. The lowest BCUT2D eigenvalue weighted by atomic mass is 9.90. The first kappa shape index (κ1) is 18.3. The zero-order valence-electron chi connectivity index (χ0n) is 14.8. The second-order valence-electron chi connectivity index (χ2n) is 6.15. The van der Waals surface area contributed by atoms with Crippen molar-refractivity contribution in [1.29, 1.82) is 0 Å². The van der Waals surface area contributed by atoms with Crippen LogP contribution in [0.3, 0.4) is 0 Å². The van der Waals surface area contributed by atoms with Gasteiger partial charge in [-0.15, -0.1) is 0 Å². The van der Waals surface area contributed by atoms with Gasteiger partial charge < -0.3 is 19.3 Å². The van der Waals surface area contributed by atoms with Gasteiger partial charge in [0.1, 0.15) is 5.76 Å². The van der Waals surface area contributed by atoms with E-state index in [0.29, 0.717) is 12.2 Å². The molecule has 24 heavy (non-hydrogen) atoms. The van der Waals surface area contributed by atoms with E-state index in [9.17, 15) is 9.90 Å². The van der Waals surface area contributed by atoms with Crippen LogP contribution in [0.5, 0.6) is 0 Å². The van der Waals surface area contributed by atoms with Crippen LogP contribution in [-0.2, 0) is 19.0 Å². The fourth-order valence-corrected chi connectivity index (χ4v) is 2.63. The third-order valence-electron chi connectivity index (χ3n) is 4.33. The molecular formula is C19H26O5. The van der Waals surface area contributed by atoms with E-state index >= 15 is 0 Å². The van der Waals surface area contributed by atoms with Crippen molar-refractivity contribution in [2.75, 3.05) is 13.2 Å². The fourth-order valence-electron chi connectivity index (χ4n) is 2.63. The van der Waals surface area contributed by atoms with Gasteiger partial charge >= 0.3 is 5.97 Å². The molecule has 0 fully saturated rings. The summed E-state index contributed by atoms with van der Waals surface area (Å²) >= 11 is 0. The third-order valence-corrected chi connectivity index (χ3v) is 4.33. The van der Waals surface area contributed by atoms with E-state index < -0.39 is 12.3 Å². The molecule has 0 aromatic carbocycles. The highest BCUT2D eigenvalue weighted by molar-refractivity contribution is 5.89. The van der Waals surface area contributed by atoms with E-state index in [-0.39, 0.29) is 12.5 Å². The van der Waals surface area contributed by atoms with Gasteiger partial charge in [-0.3, -0.25) is 0 Å². The molecule has 132 valence electrons. The maximum Gasteiger partial charge on any atom is 0.337 e. The molecule has 2 aliphatic rings. The molecule has 0 saturated carbocycles. The van der Waals surface area contributed by atoms with Crippen molar-refractivity contribution >= 4 is 5.97 Å². The summed E-state index contributed by atoms with van der Waals surface area (Å²) in [6.07, 6.45) is 6.10. The van der Waals surface area contributed by atoms with Gasteiger partial charge in [0.2, 0.25) is 6.29 Å². The number of carbonyl (C=O) groups is 1. The first-order valence-electron chi connectivity index (χ1n) is 8.32. The number of ether oxygens (including phenoxy) is 3. The van der Waals surface area contributed by atoms with Crippen LogP contribution in [0.4, 0.5) is 0 Å². The van der Waals surface area contributed by atoms with E-state index in [0.717, 1.165) is 35.3 Å². The molecule has 5 heteroatoms. The topological polar surface area (TPSA) is 65.0 Å². The quantitative estimate of drug-likeness (QED) is 0.265. The lowest BCUT2D eigenvalue weighted by Crippen LogP contribution is -2.20. The molecule has 0 saturated heterocycles. The van der Waals surface area contributed by atoms with Crippen molar-refractivity contribution < 1.29 is 24.1 Å². The molecule has 0 aromatic heterocycles. The van der Waals surface area contributed by atoms with Crippen LogP contribution < -0.4 is 0 Å². The highest BCUT2D eigenvalue weighted by Crippen LogP contribution is 2.37. The second-order valence-corrected chi connectivity index (χ2v) is 6.15. The standard InChI is InChI=1S/C19H26O5/c1-5-22-19(21)16(11-24-18(20)13(4)12(2)3)15-10-23-17-9-7-6-8-14(15)17/h6,8,11,15,18,20H,5,7,9-10H2,1-4H3/b16-11+. The molecule has 2 atom stereocenters. The molecule has 1 aliphatic heterocycles. The Hall–Kier alpha value is -2.01. The third kappa shape index (κ3) is 4.09. The van der Waals surface area contributed by atoms with Gasteiger partial charge in [-0.05, 0) is 39.7 Å². The van der Waals surface area contributed by atoms with Crippen molar-refractivity contribution in [3.63, 3.8) is 0 Å². The maximum atomic E-state index is 12.4. The number of rotatable bonds is 6. The Morgan fingerprint density at radius 3 is 2.88 bits per heavy atom. The van der Waals surface area contributed by atoms with Crippen molar-refractivity contribution in [3.8, 4) is 0 Å². The molecule has 2 rings (SSSR count). The van der Waals surface area contributed by atoms with Gasteiger partial charge in [-0.2, -0.15) is 0 Å². The molecule has 0 aromatic rings. The summed E-state index contributed by atoms with van der Waals surface area (Å²) in [4.78, 5) is 12.4. The Balaban J connectivity index is 2.24. The number of aliphatic hydroxyl groups is 1. The van der Waals surface area contributed by atoms with Gasteiger partial charge in [-0.25, -0.2) is 4.79 Å². The summed E-state index contributed by atoms with van der Waals surface area (Å²) < 4.78 is 16.3. The summed E-state index contributed by atoms with van der Waals surface area (Å²) in [5, 5.41) is 10.1. The van der Waals surface area contributed by atoms with Crippen LogP contribution in [0.25, 0.3) is 0 Å². The summed E-state index contributed by atoms with van der Waals surface area (Å²) in [6, 6.07) is 0. The number of hydrogen-bond donors (Lipinski definition) is 1. The number of carbonyl (C=O) groups excluding carboxylic acids is 1. The van der Waals surface area contributed by atoms with Crippen LogP contribution >= 0.6 is 0 Å².